The van der Waals surface area contributed by atoms with E-state index >= 15 is 0 Å². The Morgan fingerprint density at radius 2 is 1.68 bits per heavy atom. The zero-order valence-electron chi connectivity index (χ0n) is 18.5. The average molecular weight is 424 g/mol. The van der Waals surface area contributed by atoms with E-state index in [0.717, 1.165) is 17.5 Å². The molecule has 0 aliphatic rings. The van der Waals surface area contributed by atoms with Gasteiger partial charge in [0.15, 0.2) is 5.60 Å². The molecule has 1 heterocycles. The zero-order valence-corrected chi connectivity index (χ0v) is 18.5. The quantitative estimate of drug-likeness (QED) is 0.568. The minimum absolute atomic E-state index is 0.111. The van der Waals surface area contributed by atoms with Crippen molar-refractivity contribution in [3.63, 3.8) is 0 Å². The van der Waals surface area contributed by atoms with Crippen LogP contribution in [0, 0.1) is 6.92 Å². The van der Waals surface area contributed by atoms with E-state index in [4.69, 9.17) is 4.74 Å². The van der Waals surface area contributed by atoms with E-state index in [2.05, 4.69) is 5.10 Å². The van der Waals surface area contributed by atoms with Gasteiger partial charge in [0.05, 0.1) is 6.54 Å². The molecule has 0 bridgehead atoms. The topological polar surface area (TPSA) is 86.3 Å². The SMILES string of the molecule is CCCn1c(Cc2ccc(OC(C)(C)C(=O)O)cc2)nn(Cc2ccc(C)cc2)c1=O. The van der Waals surface area contributed by atoms with E-state index in [1.807, 2.05) is 50.2 Å². The molecule has 0 fully saturated rings. The van der Waals surface area contributed by atoms with Crippen LogP contribution < -0.4 is 10.4 Å². The molecule has 0 atom stereocenters. The van der Waals surface area contributed by atoms with Crippen LogP contribution in [0.2, 0.25) is 0 Å². The lowest BCUT2D eigenvalue weighted by Gasteiger charge is -2.21. The number of rotatable bonds is 9. The lowest BCUT2D eigenvalue weighted by atomic mass is 10.1. The number of aromatic nitrogens is 3. The number of carbonyl (C=O) groups is 1. The van der Waals surface area contributed by atoms with Crippen LogP contribution in [-0.4, -0.2) is 31.0 Å². The molecule has 0 spiro atoms. The summed E-state index contributed by atoms with van der Waals surface area (Å²) in [6.07, 6.45) is 1.33. The summed E-state index contributed by atoms with van der Waals surface area (Å²) in [6, 6.07) is 15.3. The lowest BCUT2D eigenvalue weighted by molar-refractivity contribution is -0.152. The van der Waals surface area contributed by atoms with E-state index in [-0.39, 0.29) is 5.69 Å². The minimum atomic E-state index is -1.31. The van der Waals surface area contributed by atoms with Gasteiger partial charge in [-0.2, -0.15) is 5.10 Å². The number of carboxylic acids is 1. The molecule has 1 N–H and O–H groups in total. The Balaban J connectivity index is 1.81. The number of aryl methyl sites for hydroxylation is 1. The number of carboxylic acid groups (broad SMARTS) is 1. The molecule has 7 heteroatoms. The molecule has 0 saturated heterocycles. The van der Waals surface area contributed by atoms with E-state index in [9.17, 15) is 14.7 Å². The summed E-state index contributed by atoms with van der Waals surface area (Å²) in [5.74, 6) is 0.157. The fourth-order valence-electron chi connectivity index (χ4n) is 3.23. The van der Waals surface area contributed by atoms with E-state index in [0.29, 0.717) is 31.1 Å². The van der Waals surface area contributed by atoms with Crippen LogP contribution in [0.15, 0.2) is 53.3 Å². The third kappa shape index (κ3) is 5.42. The van der Waals surface area contributed by atoms with Gasteiger partial charge < -0.3 is 9.84 Å². The van der Waals surface area contributed by atoms with Crippen LogP contribution in [0.4, 0.5) is 0 Å². The number of hydrogen-bond acceptors (Lipinski definition) is 4. The van der Waals surface area contributed by atoms with Gasteiger partial charge in [0.25, 0.3) is 0 Å². The van der Waals surface area contributed by atoms with Crippen molar-refractivity contribution in [2.75, 3.05) is 0 Å². The molecule has 3 rings (SSSR count). The van der Waals surface area contributed by atoms with Crippen molar-refractivity contribution in [2.45, 2.75) is 59.2 Å². The lowest BCUT2D eigenvalue weighted by Crippen LogP contribution is -2.37. The third-order valence-corrected chi connectivity index (χ3v) is 5.07. The molecule has 0 aliphatic carbocycles. The molecule has 2 aromatic carbocycles. The highest BCUT2D eigenvalue weighted by Crippen LogP contribution is 2.20. The van der Waals surface area contributed by atoms with Gasteiger partial charge in [0.1, 0.15) is 11.6 Å². The normalized spacial score (nSPS) is 11.5. The fourth-order valence-corrected chi connectivity index (χ4v) is 3.23. The zero-order chi connectivity index (χ0) is 22.6. The number of nitrogens with zero attached hydrogens (tertiary/aromatic N) is 3. The largest absolute Gasteiger partial charge is 0.478 e. The van der Waals surface area contributed by atoms with Gasteiger partial charge in [-0.25, -0.2) is 14.3 Å². The number of benzene rings is 2. The number of ether oxygens (including phenoxy) is 1. The Morgan fingerprint density at radius 3 is 2.26 bits per heavy atom. The van der Waals surface area contributed by atoms with Crippen LogP contribution in [0.25, 0.3) is 0 Å². The van der Waals surface area contributed by atoms with E-state index in [1.54, 1.807) is 16.7 Å². The molecule has 0 aliphatic heterocycles. The standard InChI is InChI=1S/C24H29N3O4/c1-5-14-26-21(25-27(23(26)30)16-19-8-6-17(2)7-9-19)15-18-10-12-20(13-11-18)31-24(3,4)22(28)29/h6-13H,5,14-16H2,1-4H3,(H,28,29). The average Bonchev–Trinajstić information content (AvgIpc) is 3.00. The highest BCUT2D eigenvalue weighted by molar-refractivity contribution is 5.76. The van der Waals surface area contributed by atoms with Gasteiger partial charge in [-0.3, -0.25) is 4.57 Å². The van der Waals surface area contributed by atoms with Crippen molar-refractivity contribution >= 4 is 5.97 Å². The fraction of sp³-hybridized carbons (Fsp3) is 0.375. The first-order chi connectivity index (χ1) is 14.7. The smallest absolute Gasteiger partial charge is 0.347 e. The van der Waals surface area contributed by atoms with Crippen LogP contribution in [0.1, 0.15) is 49.7 Å². The number of hydrogen-bond donors (Lipinski definition) is 1. The van der Waals surface area contributed by atoms with Gasteiger partial charge in [-0.1, -0.05) is 48.9 Å². The Hall–Kier alpha value is -3.35. The maximum atomic E-state index is 12.9. The van der Waals surface area contributed by atoms with Gasteiger partial charge in [-0.15, -0.1) is 0 Å². The van der Waals surface area contributed by atoms with Crippen molar-refractivity contribution in [2.24, 2.45) is 0 Å². The monoisotopic (exact) mass is 423 g/mol. The maximum absolute atomic E-state index is 12.9. The molecule has 0 amide bonds. The molecule has 0 radical (unpaired) electrons. The Bertz CT molecular complexity index is 1090. The highest BCUT2D eigenvalue weighted by Gasteiger charge is 2.29. The molecular formula is C24H29N3O4. The molecule has 0 unspecified atom stereocenters. The highest BCUT2D eigenvalue weighted by atomic mass is 16.5. The molecule has 164 valence electrons. The maximum Gasteiger partial charge on any atom is 0.347 e. The predicted molar refractivity (Wildman–Crippen MR) is 119 cm³/mol. The molecule has 1 aromatic heterocycles. The first-order valence-electron chi connectivity index (χ1n) is 10.4. The van der Waals surface area contributed by atoms with Crippen molar-refractivity contribution in [1.29, 1.82) is 0 Å². The van der Waals surface area contributed by atoms with Crippen molar-refractivity contribution in [1.82, 2.24) is 14.3 Å². The summed E-state index contributed by atoms with van der Waals surface area (Å²) in [7, 11) is 0. The first-order valence-corrected chi connectivity index (χ1v) is 10.4. The van der Waals surface area contributed by atoms with Crippen LogP contribution >= 0.6 is 0 Å². The summed E-state index contributed by atoms with van der Waals surface area (Å²) in [5, 5.41) is 13.8. The second-order valence-electron chi connectivity index (χ2n) is 8.23. The second kappa shape index (κ2) is 9.20. The summed E-state index contributed by atoms with van der Waals surface area (Å²) in [6.45, 7) is 8.11. The first kappa shape index (κ1) is 22.3. The molecule has 0 saturated carbocycles. The van der Waals surface area contributed by atoms with Crippen LogP contribution in [0.5, 0.6) is 5.75 Å². The van der Waals surface area contributed by atoms with Gasteiger partial charge in [0.2, 0.25) is 0 Å². The Labute approximate surface area is 181 Å². The van der Waals surface area contributed by atoms with Gasteiger partial charge in [-0.05, 0) is 50.5 Å². The Kier molecular flexibility index (Phi) is 6.63. The third-order valence-electron chi connectivity index (χ3n) is 5.07. The van der Waals surface area contributed by atoms with Crippen LogP contribution in [0.3, 0.4) is 0 Å². The minimum Gasteiger partial charge on any atom is -0.478 e. The second-order valence-corrected chi connectivity index (χ2v) is 8.23. The molecule has 7 nitrogen and oxygen atoms in total. The summed E-state index contributed by atoms with van der Waals surface area (Å²) < 4.78 is 8.80. The van der Waals surface area contributed by atoms with Crippen molar-refractivity contribution in [3.05, 3.63) is 81.5 Å². The van der Waals surface area contributed by atoms with E-state index in [1.165, 1.54) is 24.1 Å². The molecule has 31 heavy (non-hydrogen) atoms. The predicted octanol–water partition coefficient (Wildman–Crippen LogP) is 3.64. The van der Waals surface area contributed by atoms with Gasteiger partial charge in [0, 0.05) is 13.0 Å². The molecule has 3 aromatic rings. The summed E-state index contributed by atoms with van der Waals surface area (Å²) >= 11 is 0. The van der Waals surface area contributed by atoms with Crippen LogP contribution in [-0.2, 0) is 24.3 Å². The molecular weight excluding hydrogens is 394 g/mol. The van der Waals surface area contributed by atoms with E-state index < -0.39 is 11.6 Å². The Morgan fingerprint density at radius 1 is 1.06 bits per heavy atom. The number of aliphatic carboxylic acids is 1. The van der Waals surface area contributed by atoms with Gasteiger partial charge >= 0.3 is 11.7 Å². The summed E-state index contributed by atoms with van der Waals surface area (Å²) in [5.41, 5.74) is 1.75. The van der Waals surface area contributed by atoms with Crippen molar-refractivity contribution in [3.8, 4) is 5.75 Å². The van der Waals surface area contributed by atoms with Crippen molar-refractivity contribution < 1.29 is 14.6 Å². The summed E-state index contributed by atoms with van der Waals surface area (Å²) in [4.78, 5) is 24.2.